The van der Waals surface area contributed by atoms with E-state index < -0.39 is 0 Å². The Labute approximate surface area is 111 Å². The third-order valence-electron chi connectivity index (χ3n) is 3.13. The first kappa shape index (κ1) is 13.3. The minimum absolute atomic E-state index is 0.182. The highest BCUT2D eigenvalue weighted by molar-refractivity contribution is 7.99. The van der Waals surface area contributed by atoms with E-state index in [-0.39, 0.29) is 5.91 Å². The standard InChI is InChI=1S/C11H19N5OS/c1-8-4-9(2)6-16(5-8)10(17)7-18-11-12-13-14-15(11)3/h8-9H,4-7H2,1-3H3. The van der Waals surface area contributed by atoms with Gasteiger partial charge < -0.3 is 4.90 Å². The maximum absolute atomic E-state index is 12.1. The second-order valence-electron chi connectivity index (χ2n) is 5.12. The van der Waals surface area contributed by atoms with E-state index in [0.717, 1.165) is 13.1 Å². The molecule has 2 heterocycles. The average molecular weight is 269 g/mol. The smallest absolute Gasteiger partial charge is 0.233 e. The first-order valence-corrected chi connectivity index (χ1v) is 7.17. The molecule has 2 rings (SSSR count). The molecule has 0 spiro atoms. The Hall–Kier alpha value is -1.11. The van der Waals surface area contributed by atoms with E-state index in [1.807, 2.05) is 4.90 Å². The first-order chi connectivity index (χ1) is 8.56. The van der Waals surface area contributed by atoms with Crippen LogP contribution in [0.1, 0.15) is 20.3 Å². The van der Waals surface area contributed by atoms with Crippen LogP contribution in [0.5, 0.6) is 0 Å². The Morgan fingerprint density at radius 2 is 2.06 bits per heavy atom. The molecule has 0 radical (unpaired) electrons. The quantitative estimate of drug-likeness (QED) is 0.760. The zero-order valence-corrected chi connectivity index (χ0v) is 11.9. The van der Waals surface area contributed by atoms with Gasteiger partial charge >= 0.3 is 0 Å². The third-order valence-corrected chi connectivity index (χ3v) is 4.12. The number of carbonyl (C=O) groups excluding carboxylic acids is 1. The molecule has 1 fully saturated rings. The molecule has 0 aromatic carbocycles. The Morgan fingerprint density at radius 3 is 2.61 bits per heavy atom. The zero-order chi connectivity index (χ0) is 13.1. The summed E-state index contributed by atoms with van der Waals surface area (Å²) in [5.41, 5.74) is 0. The molecule has 18 heavy (non-hydrogen) atoms. The predicted octanol–water partition coefficient (Wildman–Crippen LogP) is 0.807. The van der Waals surface area contributed by atoms with Crippen LogP contribution in [0.15, 0.2) is 5.16 Å². The van der Waals surface area contributed by atoms with Crippen LogP contribution in [0.4, 0.5) is 0 Å². The lowest BCUT2D eigenvalue weighted by atomic mass is 9.92. The van der Waals surface area contributed by atoms with Crippen molar-refractivity contribution in [3.63, 3.8) is 0 Å². The maximum Gasteiger partial charge on any atom is 0.233 e. The van der Waals surface area contributed by atoms with Crippen molar-refractivity contribution in [2.45, 2.75) is 25.4 Å². The van der Waals surface area contributed by atoms with Crippen molar-refractivity contribution in [3.05, 3.63) is 0 Å². The summed E-state index contributed by atoms with van der Waals surface area (Å²) in [6.45, 7) is 6.16. The maximum atomic E-state index is 12.1. The highest BCUT2D eigenvalue weighted by atomic mass is 32.2. The molecule has 0 saturated carbocycles. The second kappa shape index (κ2) is 5.69. The molecule has 2 atom stereocenters. The van der Waals surface area contributed by atoms with Crippen molar-refractivity contribution in [3.8, 4) is 0 Å². The van der Waals surface area contributed by atoms with E-state index in [1.54, 1.807) is 11.7 Å². The fourth-order valence-electron chi connectivity index (χ4n) is 2.43. The predicted molar refractivity (Wildman–Crippen MR) is 69.0 cm³/mol. The van der Waals surface area contributed by atoms with Crippen molar-refractivity contribution in [2.24, 2.45) is 18.9 Å². The van der Waals surface area contributed by atoms with E-state index >= 15 is 0 Å². The molecule has 0 N–H and O–H groups in total. The molecule has 1 aliphatic heterocycles. The number of piperidine rings is 1. The minimum atomic E-state index is 0.182. The van der Waals surface area contributed by atoms with Crippen molar-refractivity contribution in [1.82, 2.24) is 25.1 Å². The summed E-state index contributed by atoms with van der Waals surface area (Å²) in [6.07, 6.45) is 1.21. The van der Waals surface area contributed by atoms with Crippen LogP contribution in [0.25, 0.3) is 0 Å². The van der Waals surface area contributed by atoms with Crippen LogP contribution in [-0.4, -0.2) is 49.9 Å². The second-order valence-corrected chi connectivity index (χ2v) is 6.06. The summed E-state index contributed by atoms with van der Waals surface area (Å²) in [7, 11) is 1.78. The van der Waals surface area contributed by atoms with Gasteiger partial charge in [-0.2, -0.15) is 0 Å². The van der Waals surface area contributed by atoms with Gasteiger partial charge in [0.25, 0.3) is 0 Å². The zero-order valence-electron chi connectivity index (χ0n) is 11.0. The fraction of sp³-hybridized carbons (Fsp3) is 0.818. The van der Waals surface area contributed by atoms with E-state index in [4.69, 9.17) is 0 Å². The third kappa shape index (κ3) is 3.22. The van der Waals surface area contributed by atoms with Gasteiger partial charge in [-0.1, -0.05) is 25.6 Å². The highest BCUT2D eigenvalue weighted by Gasteiger charge is 2.25. The van der Waals surface area contributed by atoms with E-state index in [2.05, 4.69) is 29.4 Å². The van der Waals surface area contributed by atoms with Gasteiger partial charge in [-0.15, -0.1) is 5.10 Å². The summed E-state index contributed by atoms with van der Waals surface area (Å²) in [6, 6.07) is 0. The van der Waals surface area contributed by atoms with Gasteiger partial charge in [0.2, 0.25) is 11.1 Å². The average Bonchev–Trinajstić information content (AvgIpc) is 2.70. The summed E-state index contributed by atoms with van der Waals surface area (Å²) in [5, 5.41) is 11.8. The number of thioether (sulfide) groups is 1. The molecule has 1 saturated heterocycles. The Morgan fingerprint density at radius 1 is 1.39 bits per heavy atom. The lowest BCUT2D eigenvalue weighted by molar-refractivity contribution is -0.130. The molecular weight excluding hydrogens is 250 g/mol. The lowest BCUT2D eigenvalue weighted by Gasteiger charge is -2.34. The number of likely N-dealkylation sites (tertiary alicyclic amines) is 1. The number of amides is 1. The van der Waals surface area contributed by atoms with Gasteiger partial charge in [-0.25, -0.2) is 4.68 Å². The number of aryl methyl sites for hydroxylation is 1. The Balaban J connectivity index is 1.86. The Kier molecular flexibility index (Phi) is 4.21. The Bertz CT molecular complexity index is 411. The summed E-state index contributed by atoms with van der Waals surface area (Å²) >= 11 is 1.39. The number of aromatic nitrogens is 4. The normalized spacial score (nSPS) is 24.3. The van der Waals surface area contributed by atoms with Crippen LogP contribution < -0.4 is 0 Å². The largest absolute Gasteiger partial charge is 0.341 e. The van der Waals surface area contributed by atoms with Crippen LogP contribution in [0.2, 0.25) is 0 Å². The molecule has 1 amide bonds. The molecule has 1 aliphatic rings. The summed E-state index contributed by atoms with van der Waals surface area (Å²) < 4.78 is 1.58. The molecule has 0 bridgehead atoms. The van der Waals surface area contributed by atoms with E-state index in [1.165, 1.54) is 18.2 Å². The molecule has 7 heteroatoms. The van der Waals surface area contributed by atoms with Crippen molar-refractivity contribution >= 4 is 17.7 Å². The van der Waals surface area contributed by atoms with E-state index in [9.17, 15) is 4.79 Å². The molecule has 0 aliphatic carbocycles. The van der Waals surface area contributed by atoms with Crippen LogP contribution in [0, 0.1) is 11.8 Å². The van der Waals surface area contributed by atoms with Crippen molar-refractivity contribution < 1.29 is 4.79 Å². The van der Waals surface area contributed by atoms with Crippen LogP contribution >= 0.6 is 11.8 Å². The number of hydrogen-bond donors (Lipinski definition) is 0. The topological polar surface area (TPSA) is 63.9 Å². The van der Waals surface area contributed by atoms with Crippen LogP contribution in [-0.2, 0) is 11.8 Å². The minimum Gasteiger partial charge on any atom is -0.341 e. The SMILES string of the molecule is CC1CC(C)CN(C(=O)CSc2nnnn2C)C1. The van der Waals surface area contributed by atoms with E-state index in [0.29, 0.717) is 22.7 Å². The number of carbonyl (C=O) groups is 1. The number of nitrogens with zero attached hydrogens (tertiary/aromatic N) is 5. The van der Waals surface area contributed by atoms with Gasteiger partial charge in [-0.05, 0) is 28.7 Å². The molecule has 1 aromatic rings. The van der Waals surface area contributed by atoms with Crippen molar-refractivity contribution in [2.75, 3.05) is 18.8 Å². The highest BCUT2D eigenvalue weighted by Crippen LogP contribution is 2.22. The lowest BCUT2D eigenvalue weighted by Crippen LogP contribution is -2.43. The first-order valence-electron chi connectivity index (χ1n) is 6.19. The molecule has 1 aromatic heterocycles. The summed E-state index contributed by atoms with van der Waals surface area (Å²) in [5.74, 6) is 1.79. The summed E-state index contributed by atoms with van der Waals surface area (Å²) in [4.78, 5) is 14.1. The molecular formula is C11H19N5OS. The van der Waals surface area contributed by atoms with Gasteiger partial charge in [0, 0.05) is 20.1 Å². The van der Waals surface area contributed by atoms with Gasteiger partial charge in [0.1, 0.15) is 0 Å². The molecule has 100 valence electrons. The number of rotatable bonds is 3. The van der Waals surface area contributed by atoms with Gasteiger partial charge in [0.15, 0.2) is 0 Å². The number of hydrogen-bond acceptors (Lipinski definition) is 5. The number of tetrazole rings is 1. The van der Waals surface area contributed by atoms with Gasteiger partial charge in [-0.3, -0.25) is 4.79 Å². The molecule has 2 unspecified atom stereocenters. The van der Waals surface area contributed by atoms with Crippen molar-refractivity contribution in [1.29, 1.82) is 0 Å². The molecule has 6 nitrogen and oxygen atoms in total. The monoisotopic (exact) mass is 269 g/mol. The van der Waals surface area contributed by atoms with Gasteiger partial charge in [0.05, 0.1) is 5.75 Å². The van der Waals surface area contributed by atoms with Crippen LogP contribution in [0.3, 0.4) is 0 Å². The fourth-order valence-corrected chi connectivity index (χ4v) is 3.18.